The fraction of sp³-hybridized carbons (Fsp3) is 0.833. The van der Waals surface area contributed by atoms with Gasteiger partial charge < -0.3 is 25.0 Å². The molecular weight excluding hydrogens is 338 g/mol. The fourth-order valence-corrected chi connectivity index (χ4v) is 4.23. The number of aliphatic carboxylic acids is 1. The summed E-state index contributed by atoms with van der Waals surface area (Å²) in [5.74, 6) is -1.32. The predicted molar refractivity (Wildman–Crippen MR) is 93.7 cm³/mol. The van der Waals surface area contributed by atoms with Crippen LogP contribution in [0.25, 0.3) is 0 Å². The van der Waals surface area contributed by atoms with E-state index in [1.165, 1.54) is 0 Å². The van der Waals surface area contributed by atoms with Crippen molar-refractivity contribution in [3.05, 3.63) is 0 Å². The molecule has 3 aliphatic heterocycles. The summed E-state index contributed by atoms with van der Waals surface area (Å²) in [5.41, 5.74) is -0.734. The molecule has 3 rings (SSSR count). The molecule has 1 unspecified atom stereocenters. The first-order valence-electron chi connectivity index (χ1n) is 9.64. The third-order valence-electron chi connectivity index (χ3n) is 5.77. The van der Waals surface area contributed by atoms with E-state index >= 15 is 0 Å². The summed E-state index contributed by atoms with van der Waals surface area (Å²) in [6, 6.07) is 0.0336. The third kappa shape index (κ3) is 4.47. The molecule has 3 saturated heterocycles. The second-order valence-corrected chi connectivity index (χ2v) is 7.71. The molecule has 0 bridgehead atoms. The van der Waals surface area contributed by atoms with Gasteiger partial charge in [-0.3, -0.25) is 9.59 Å². The highest BCUT2D eigenvalue weighted by molar-refractivity contribution is 5.82. The Labute approximate surface area is 153 Å². The molecule has 26 heavy (non-hydrogen) atoms. The van der Waals surface area contributed by atoms with Crippen molar-refractivity contribution in [3.63, 3.8) is 0 Å². The van der Waals surface area contributed by atoms with Gasteiger partial charge in [0.2, 0.25) is 5.91 Å². The molecule has 0 radical (unpaired) electrons. The maximum atomic E-state index is 12.8. The van der Waals surface area contributed by atoms with E-state index in [0.717, 1.165) is 38.8 Å². The first-order valence-corrected chi connectivity index (χ1v) is 9.64. The number of carboxylic acid groups (broad SMARTS) is 1. The quantitative estimate of drug-likeness (QED) is 0.774. The summed E-state index contributed by atoms with van der Waals surface area (Å²) in [7, 11) is 0. The van der Waals surface area contributed by atoms with Gasteiger partial charge in [-0.05, 0) is 38.5 Å². The second-order valence-electron chi connectivity index (χ2n) is 7.71. The molecule has 0 spiro atoms. The molecule has 2 N–H and O–H groups in total. The number of hydrogen-bond acceptors (Lipinski definition) is 4. The molecule has 3 amide bonds. The summed E-state index contributed by atoms with van der Waals surface area (Å²) in [4.78, 5) is 40.4. The van der Waals surface area contributed by atoms with Gasteiger partial charge in [0.25, 0.3) is 0 Å². The predicted octanol–water partition coefficient (Wildman–Crippen LogP) is 1.05. The van der Waals surface area contributed by atoms with Gasteiger partial charge in [-0.25, -0.2) is 4.79 Å². The summed E-state index contributed by atoms with van der Waals surface area (Å²) in [6.45, 7) is 3.62. The number of nitrogens with zero attached hydrogens (tertiary/aromatic N) is 2. The topological polar surface area (TPSA) is 99.2 Å². The number of carbonyl (C=O) groups excluding carboxylic acids is 2. The Hall–Kier alpha value is -1.83. The summed E-state index contributed by atoms with van der Waals surface area (Å²) >= 11 is 0. The van der Waals surface area contributed by atoms with E-state index in [0.29, 0.717) is 39.1 Å². The molecular formula is C18H29N3O5. The largest absolute Gasteiger partial charge is 0.481 e. The monoisotopic (exact) mass is 367 g/mol. The Morgan fingerprint density at radius 3 is 2.35 bits per heavy atom. The lowest BCUT2D eigenvalue weighted by atomic mass is 9.85. The molecule has 0 aromatic carbocycles. The van der Waals surface area contributed by atoms with Crippen LogP contribution in [0, 0.1) is 5.92 Å². The molecule has 0 saturated carbocycles. The van der Waals surface area contributed by atoms with Crippen LogP contribution in [0.4, 0.5) is 4.79 Å². The van der Waals surface area contributed by atoms with Crippen LogP contribution in [0.5, 0.6) is 0 Å². The van der Waals surface area contributed by atoms with Gasteiger partial charge in [0.1, 0.15) is 0 Å². The van der Waals surface area contributed by atoms with Crippen LogP contribution >= 0.6 is 0 Å². The van der Waals surface area contributed by atoms with Crippen LogP contribution in [-0.2, 0) is 14.3 Å². The third-order valence-corrected chi connectivity index (χ3v) is 5.77. The minimum Gasteiger partial charge on any atom is -0.481 e. The van der Waals surface area contributed by atoms with Crippen LogP contribution < -0.4 is 5.32 Å². The van der Waals surface area contributed by atoms with Gasteiger partial charge in [-0.15, -0.1) is 0 Å². The molecule has 3 aliphatic rings. The van der Waals surface area contributed by atoms with Crippen molar-refractivity contribution in [3.8, 4) is 0 Å². The lowest BCUT2D eigenvalue weighted by molar-refractivity contribution is -0.141. The van der Waals surface area contributed by atoms with Gasteiger partial charge in [0.15, 0.2) is 0 Å². The van der Waals surface area contributed by atoms with Gasteiger partial charge in [0, 0.05) is 39.4 Å². The molecule has 0 aromatic rings. The minimum absolute atomic E-state index is 0.0336. The number of likely N-dealkylation sites (tertiary alicyclic amines) is 2. The second kappa shape index (κ2) is 8.24. The zero-order chi connectivity index (χ0) is 18.6. The molecule has 0 aliphatic carbocycles. The van der Waals surface area contributed by atoms with Gasteiger partial charge in [-0.2, -0.15) is 0 Å². The maximum absolute atomic E-state index is 12.8. The number of urea groups is 1. The molecule has 3 fully saturated rings. The smallest absolute Gasteiger partial charge is 0.320 e. The van der Waals surface area contributed by atoms with Gasteiger partial charge in [-0.1, -0.05) is 0 Å². The summed E-state index contributed by atoms with van der Waals surface area (Å²) < 4.78 is 5.34. The lowest BCUT2D eigenvalue weighted by Crippen LogP contribution is -2.57. The van der Waals surface area contributed by atoms with Gasteiger partial charge >= 0.3 is 12.0 Å². The number of carbonyl (C=O) groups is 3. The summed E-state index contributed by atoms with van der Waals surface area (Å²) in [6.07, 6.45) is 4.54. The van der Waals surface area contributed by atoms with E-state index in [1.54, 1.807) is 4.90 Å². The van der Waals surface area contributed by atoms with E-state index in [2.05, 4.69) is 5.32 Å². The average Bonchev–Trinajstić information content (AvgIpc) is 3.16. The fourth-order valence-electron chi connectivity index (χ4n) is 4.23. The normalized spacial score (nSPS) is 25.8. The Morgan fingerprint density at radius 1 is 1.04 bits per heavy atom. The highest BCUT2D eigenvalue weighted by Gasteiger charge is 2.39. The highest BCUT2D eigenvalue weighted by Crippen LogP contribution is 2.27. The van der Waals surface area contributed by atoms with Crippen molar-refractivity contribution >= 4 is 17.9 Å². The van der Waals surface area contributed by atoms with Crippen molar-refractivity contribution in [2.45, 2.75) is 50.5 Å². The Bertz CT molecular complexity index is 541. The Kier molecular flexibility index (Phi) is 6.01. The summed E-state index contributed by atoms with van der Waals surface area (Å²) in [5, 5.41) is 12.3. The number of amides is 3. The average molecular weight is 367 g/mol. The molecule has 8 heteroatoms. The molecule has 3 heterocycles. The van der Waals surface area contributed by atoms with E-state index in [-0.39, 0.29) is 24.3 Å². The number of piperidine rings is 1. The lowest BCUT2D eigenvalue weighted by Gasteiger charge is -2.40. The first-order chi connectivity index (χ1) is 12.5. The van der Waals surface area contributed by atoms with Crippen LogP contribution in [-0.4, -0.2) is 77.7 Å². The molecule has 8 nitrogen and oxygen atoms in total. The van der Waals surface area contributed by atoms with Crippen molar-refractivity contribution in [2.75, 3.05) is 39.4 Å². The minimum atomic E-state index is -0.915. The number of rotatable bonds is 4. The standard InChI is InChI=1S/C18H29N3O5/c22-15(23)12-18(5-10-26-11-6-18)19-16(24)14-4-3-9-21(13-14)17(25)20-7-1-2-8-20/h14H,1-13H2,(H,19,24)(H,22,23). The zero-order valence-electron chi connectivity index (χ0n) is 15.2. The van der Waals surface area contributed by atoms with Crippen molar-refractivity contribution in [1.82, 2.24) is 15.1 Å². The van der Waals surface area contributed by atoms with Crippen LogP contribution in [0.1, 0.15) is 44.9 Å². The Morgan fingerprint density at radius 2 is 1.69 bits per heavy atom. The molecule has 146 valence electrons. The number of carboxylic acids is 1. The van der Waals surface area contributed by atoms with Crippen molar-refractivity contribution in [1.29, 1.82) is 0 Å². The van der Waals surface area contributed by atoms with Crippen molar-refractivity contribution < 1.29 is 24.2 Å². The van der Waals surface area contributed by atoms with E-state index in [1.807, 2.05) is 4.90 Å². The number of ether oxygens (including phenoxy) is 1. The van der Waals surface area contributed by atoms with E-state index in [4.69, 9.17) is 4.74 Å². The zero-order valence-corrected chi connectivity index (χ0v) is 15.2. The Balaban J connectivity index is 1.60. The SMILES string of the molecule is O=C(O)CC1(NC(=O)C2CCCN(C(=O)N3CCCC3)C2)CCOCC1. The van der Waals surface area contributed by atoms with E-state index in [9.17, 15) is 19.5 Å². The maximum Gasteiger partial charge on any atom is 0.320 e. The molecule has 1 atom stereocenters. The number of nitrogens with one attached hydrogen (secondary N) is 1. The molecule has 0 aromatic heterocycles. The first kappa shape index (κ1) is 18.9. The van der Waals surface area contributed by atoms with Crippen LogP contribution in [0.3, 0.4) is 0 Å². The van der Waals surface area contributed by atoms with Crippen LogP contribution in [0.2, 0.25) is 0 Å². The van der Waals surface area contributed by atoms with E-state index < -0.39 is 11.5 Å². The van der Waals surface area contributed by atoms with Gasteiger partial charge in [0.05, 0.1) is 17.9 Å². The number of hydrogen-bond donors (Lipinski definition) is 2. The highest BCUT2D eigenvalue weighted by atomic mass is 16.5. The van der Waals surface area contributed by atoms with Crippen molar-refractivity contribution in [2.24, 2.45) is 5.92 Å². The van der Waals surface area contributed by atoms with Crippen LogP contribution in [0.15, 0.2) is 0 Å².